The minimum absolute atomic E-state index is 0.151. The second kappa shape index (κ2) is 6.81. The first-order chi connectivity index (χ1) is 12.2. The van der Waals surface area contributed by atoms with Gasteiger partial charge in [0.2, 0.25) is 5.91 Å². The van der Waals surface area contributed by atoms with Crippen LogP contribution in [0.25, 0.3) is 0 Å². The van der Waals surface area contributed by atoms with Gasteiger partial charge in [-0.25, -0.2) is 0 Å². The first-order valence-electron chi connectivity index (χ1n) is 9.64. The fourth-order valence-corrected chi connectivity index (χ4v) is 4.84. The maximum Gasteiger partial charge on any atom is 0.307 e. The Kier molecular flexibility index (Phi) is 4.52. The Bertz CT molecular complexity index is 614. The lowest BCUT2D eigenvalue weighted by Gasteiger charge is -2.36. The number of hydrogen-bond acceptors (Lipinski definition) is 4. The lowest BCUT2D eigenvalue weighted by atomic mass is 9.83. The van der Waals surface area contributed by atoms with Gasteiger partial charge in [0.25, 0.3) is 0 Å². The highest BCUT2D eigenvalue weighted by Gasteiger charge is 2.54. The highest BCUT2D eigenvalue weighted by Crippen LogP contribution is 2.46. The Balaban J connectivity index is 1.31. The maximum atomic E-state index is 13.0. The summed E-state index contributed by atoms with van der Waals surface area (Å²) in [6, 6.07) is 1.95. The molecule has 0 aromatic carbocycles. The number of amides is 1. The van der Waals surface area contributed by atoms with Gasteiger partial charge >= 0.3 is 5.97 Å². The molecular formula is C19H27N3O3. The van der Waals surface area contributed by atoms with Crippen molar-refractivity contribution in [2.45, 2.75) is 63.5 Å². The third kappa shape index (κ3) is 3.31. The summed E-state index contributed by atoms with van der Waals surface area (Å²) in [5.74, 6) is 0.367. The molecule has 136 valence electrons. The first kappa shape index (κ1) is 16.6. The lowest BCUT2D eigenvalue weighted by Crippen LogP contribution is -2.47. The number of carbonyl (C=O) groups excluding carboxylic acids is 2. The Hall–Kier alpha value is -1.85. The van der Waals surface area contributed by atoms with Crippen LogP contribution in [-0.4, -0.2) is 45.2 Å². The van der Waals surface area contributed by atoms with Crippen LogP contribution in [-0.2, 0) is 20.9 Å². The van der Waals surface area contributed by atoms with Crippen LogP contribution >= 0.6 is 0 Å². The van der Waals surface area contributed by atoms with Crippen LogP contribution in [0.15, 0.2) is 18.5 Å². The maximum absolute atomic E-state index is 13.0. The summed E-state index contributed by atoms with van der Waals surface area (Å²) in [6.45, 7) is 2.56. The molecule has 3 heterocycles. The van der Waals surface area contributed by atoms with E-state index in [4.69, 9.17) is 4.74 Å². The van der Waals surface area contributed by atoms with Gasteiger partial charge in [-0.05, 0) is 56.9 Å². The van der Waals surface area contributed by atoms with Crippen LogP contribution in [0.3, 0.4) is 0 Å². The fraction of sp³-hybridized carbons (Fsp3) is 0.737. The summed E-state index contributed by atoms with van der Waals surface area (Å²) < 4.78 is 7.61. The zero-order valence-corrected chi connectivity index (χ0v) is 14.7. The topological polar surface area (TPSA) is 64.4 Å². The summed E-state index contributed by atoms with van der Waals surface area (Å²) in [6.07, 6.45) is 11.1. The Morgan fingerprint density at radius 2 is 2.04 bits per heavy atom. The van der Waals surface area contributed by atoms with Crippen LogP contribution in [0.2, 0.25) is 0 Å². The molecule has 6 nitrogen and oxygen atoms in total. The van der Waals surface area contributed by atoms with Gasteiger partial charge in [-0.3, -0.25) is 14.3 Å². The largest absolute Gasteiger partial charge is 0.458 e. The number of carbonyl (C=O) groups is 2. The number of rotatable bonds is 4. The van der Waals surface area contributed by atoms with Gasteiger partial charge in [-0.1, -0.05) is 0 Å². The third-order valence-corrected chi connectivity index (χ3v) is 6.32. The van der Waals surface area contributed by atoms with Crippen molar-refractivity contribution in [1.82, 2.24) is 14.7 Å². The fourth-order valence-electron chi connectivity index (χ4n) is 4.84. The summed E-state index contributed by atoms with van der Waals surface area (Å²) in [5, 5.41) is 4.25. The van der Waals surface area contributed by atoms with Crippen LogP contribution < -0.4 is 0 Å². The number of hydrogen-bond donors (Lipinski definition) is 0. The van der Waals surface area contributed by atoms with E-state index < -0.39 is 5.60 Å². The van der Waals surface area contributed by atoms with Crippen molar-refractivity contribution in [3.63, 3.8) is 0 Å². The molecule has 2 aliphatic heterocycles. The lowest BCUT2D eigenvalue weighted by molar-refractivity contribution is -0.152. The van der Waals surface area contributed by atoms with Gasteiger partial charge in [-0.2, -0.15) is 5.10 Å². The van der Waals surface area contributed by atoms with Gasteiger partial charge in [0.15, 0.2) is 0 Å². The van der Waals surface area contributed by atoms with E-state index in [0.717, 1.165) is 64.6 Å². The molecular weight excluding hydrogens is 318 g/mol. The summed E-state index contributed by atoms with van der Waals surface area (Å²) in [4.78, 5) is 26.9. The normalized spacial score (nSPS) is 26.3. The summed E-state index contributed by atoms with van der Waals surface area (Å²) in [5.41, 5.74) is -0.481. The van der Waals surface area contributed by atoms with E-state index in [1.165, 1.54) is 0 Å². The minimum atomic E-state index is -0.481. The molecule has 1 unspecified atom stereocenters. The molecule has 1 amide bonds. The molecule has 4 rings (SSSR count). The molecule has 1 atom stereocenters. The highest BCUT2D eigenvalue weighted by molar-refractivity contribution is 5.88. The molecule has 6 heteroatoms. The molecule has 1 spiro atoms. The first-order valence-corrected chi connectivity index (χ1v) is 9.64. The molecule has 2 saturated heterocycles. The van der Waals surface area contributed by atoms with Crippen molar-refractivity contribution in [2.75, 3.05) is 13.1 Å². The smallest absolute Gasteiger partial charge is 0.307 e. The monoisotopic (exact) mass is 345 g/mol. The number of ether oxygens (including phenoxy) is 1. The SMILES string of the molecule is O=C1CC(C(=O)N2CCC(CCn3cccn3)CC2)C2(CCCC2)O1. The molecule has 1 aromatic heterocycles. The molecule has 25 heavy (non-hydrogen) atoms. The van der Waals surface area contributed by atoms with Crippen molar-refractivity contribution < 1.29 is 14.3 Å². The van der Waals surface area contributed by atoms with Crippen LogP contribution in [0.4, 0.5) is 0 Å². The standard InChI is InChI=1S/C19H27N3O3/c23-17-14-16(19(25-17)7-1-2-8-19)18(24)21-11-4-15(5-12-21)6-13-22-10-3-9-20-22/h3,9-10,15-16H,1-2,4-8,11-14H2. The van der Waals surface area contributed by atoms with Gasteiger partial charge in [0.05, 0.1) is 12.3 Å². The van der Waals surface area contributed by atoms with E-state index >= 15 is 0 Å². The van der Waals surface area contributed by atoms with E-state index in [1.54, 1.807) is 0 Å². The molecule has 3 aliphatic rings. The summed E-state index contributed by atoms with van der Waals surface area (Å²) in [7, 11) is 0. The van der Waals surface area contributed by atoms with Crippen LogP contribution in [0, 0.1) is 11.8 Å². The molecule has 1 aliphatic carbocycles. The van der Waals surface area contributed by atoms with Crippen molar-refractivity contribution in [3.05, 3.63) is 18.5 Å². The number of aryl methyl sites for hydroxylation is 1. The number of likely N-dealkylation sites (tertiary alicyclic amines) is 1. The molecule has 1 aromatic rings. The Labute approximate surface area is 148 Å². The highest BCUT2D eigenvalue weighted by atomic mass is 16.6. The quantitative estimate of drug-likeness (QED) is 0.786. The number of esters is 1. The van der Waals surface area contributed by atoms with E-state index in [-0.39, 0.29) is 24.2 Å². The van der Waals surface area contributed by atoms with Crippen LogP contribution in [0.1, 0.15) is 51.4 Å². The Morgan fingerprint density at radius 3 is 2.72 bits per heavy atom. The molecule has 0 N–H and O–H groups in total. The molecule has 3 fully saturated rings. The second-order valence-corrected chi connectivity index (χ2v) is 7.83. The third-order valence-electron chi connectivity index (χ3n) is 6.32. The van der Waals surface area contributed by atoms with Crippen molar-refractivity contribution >= 4 is 11.9 Å². The zero-order valence-electron chi connectivity index (χ0n) is 14.7. The zero-order chi connectivity index (χ0) is 17.3. The van der Waals surface area contributed by atoms with Gasteiger partial charge in [-0.15, -0.1) is 0 Å². The van der Waals surface area contributed by atoms with E-state index in [0.29, 0.717) is 5.92 Å². The average molecular weight is 345 g/mol. The predicted octanol–water partition coefficient (Wildman–Crippen LogP) is 2.39. The number of aromatic nitrogens is 2. The van der Waals surface area contributed by atoms with E-state index in [9.17, 15) is 9.59 Å². The molecule has 0 radical (unpaired) electrons. The number of piperidine rings is 1. The number of nitrogens with zero attached hydrogens (tertiary/aromatic N) is 3. The van der Waals surface area contributed by atoms with Crippen molar-refractivity contribution in [3.8, 4) is 0 Å². The van der Waals surface area contributed by atoms with Crippen molar-refractivity contribution in [1.29, 1.82) is 0 Å². The van der Waals surface area contributed by atoms with Gasteiger partial charge in [0, 0.05) is 32.0 Å². The molecule has 0 bridgehead atoms. The van der Waals surface area contributed by atoms with E-state index in [2.05, 4.69) is 5.10 Å². The van der Waals surface area contributed by atoms with E-state index in [1.807, 2.05) is 28.0 Å². The van der Waals surface area contributed by atoms with Gasteiger partial charge in [0.1, 0.15) is 5.60 Å². The predicted molar refractivity (Wildman–Crippen MR) is 91.5 cm³/mol. The van der Waals surface area contributed by atoms with Crippen molar-refractivity contribution in [2.24, 2.45) is 11.8 Å². The van der Waals surface area contributed by atoms with Crippen LogP contribution in [0.5, 0.6) is 0 Å². The second-order valence-electron chi connectivity index (χ2n) is 7.83. The molecule has 1 saturated carbocycles. The van der Waals surface area contributed by atoms with Gasteiger partial charge < -0.3 is 9.64 Å². The Morgan fingerprint density at radius 1 is 1.28 bits per heavy atom. The summed E-state index contributed by atoms with van der Waals surface area (Å²) >= 11 is 0. The minimum Gasteiger partial charge on any atom is -0.458 e. The average Bonchev–Trinajstić information content (AvgIpc) is 3.36.